The first kappa shape index (κ1) is 5.42. The largest absolute Gasteiger partial charge is 0.392 e. The molecular formula is C7H10O2. The Hall–Kier alpha value is -0.370. The Morgan fingerprint density at radius 2 is 2.33 bits per heavy atom. The molecule has 50 valence electrons. The number of aliphatic hydroxyl groups is 1. The molecule has 9 heavy (non-hydrogen) atoms. The number of rotatable bonds is 0. The fourth-order valence-corrected chi connectivity index (χ4v) is 2.07. The number of carbonyl (C=O) groups is 1. The van der Waals surface area contributed by atoms with Crippen LogP contribution in [0, 0.1) is 17.8 Å². The zero-order valence-electron chi connectivity index (χ0n) is 5.37. The van der Waals surface area contributed by atoms with Crippen molar-refractivity contribution in [2.45, 2.75) is 19.4 Å². The normalized spacial score (nSPS) is 55.6. The summed E-state index contributed by atoms with van der Waals surface area (Å²) in [6.45, 7) is 2.04. The van der Waals surface area contributed by atoms with E-state index in [4.69, 9.17) is 5.11 Å². The van der Waals surface area contributed by atoms with Crippen LogP contribution in [0.15, 0.2) is 0 Å². The van der Waals surface area contributed by atoms with Crippen LogP contribution in [-0.4, -0.2) is 17.0 Å². The number of carbonyl (C=O) groups excluding carboxylic acids is 1. The van der Waals surface area contributed by atoms with Crippen LogP contribution in [0.1, 0.15) is 13.3 Å². The third kappa shape index (κ3) is 0.517. The molecule has 4 atom stereocenters. The Kier molecular flexibility index (Phi) is 0.826. The molecule has 0 saturated heterocycles. The smallest absolute Gasteiger partial charge is 0.139 e. The summed E-state index contributed by atoms with van der Waals surface area (Å²) in [6, 6.07) is 0. The van der Waals surface area contributed by atoms with Crippen molar-refractivity contribution in [2.75, 3.05) is 0 Å². The van der Waals surface area contributed by atoms with E-state index in [0.717, 1.165) is 0 Å². The summed E-state index contributed by atoms with van der Waals surface area (Å²) in [4.78, 5) is 10.9. The Morgan fingerprint density at radius 1 is 1.67 bits per heavy atom. The van der Waals surface area contributed by atoms with Gasteiger partial charge >= 0.3 is 0 Å². The van der Waals surface area contributed by atoms with Gasteiger partial charge in [-0.25, -0.2) is 0 Å². The summed E-state index contributed by atoms with van der Waals surface area (Å²) >= 11 is 0. The second kappa shape index (κ2) is 1.37. The third-order valence-electron chi connectivity index (χ3n) is 2.67. The summed E-state index contributed by atoms with van der Waals surface area (Å²) in [6.07, 6.45) is 0.108. The van der Waals surface area contributed by atoms with Crippen molar-refractivity contribution in [1.29, 1.82) is 0 Å². The topological polar surface area (TPSA) is 37.3 Å². The summed E-state index contributed by atoms with van der Waals surface area (Å²) in [7, 11) is 0. The van der Waals surface area contributed by atoms with E-state index in [1.807, 2.05) is 6.92 Å². The molecular weight excluding hydrogens is 116 g/mol. The zero-order valence-corrected chi connectivity index (χ0v) is 5.37. The molecule has 2 aliphatic carbocycles. The van der Waals surface area contributed by atoms with Crippen LogP contribution in [0.4, 0.5) is 0 Å². The second-order valence-electron chi connectivity index (χ2n) is 3.20. The Labute approximate surface area is 53.9 Å². The average Bonchev–Trinajstić information content (AvgIpc) is 2.30. The predicted molar refractivity (Wildman–Crippen MR) is 31.8 cm³/mol. The fraction of sp³-hybridized carbons (Fsp3) is 0.857. The fourth-order valence-electron chi connectivity index (χ4n) is 2.07. The van der Waals surface area contributed by atoms with Gasteiger partial charge in [0.1, 0.15) is 5.78 Å². The number of ketones is 1. The molecule has 4 unspecified atom stereocenters. The van der Waals surface area contributed by atoms with Gasteiger partial charge in [0, 0.05) is 12.3 Å². The maximum atomic E-state index is 10.9. The van der Waals surface area contributed by atoms with Crippen molar-refractivity contribution >= 4 is 5.78 Å². The molecule has 2 rings (SSSR count). The van der Waals surface area contributed by atoms with Crippen LogP contribution in [-0.2, 0) is 4.79 Å². The van der Waals surface area contributed by atoms with Crippen LogP contribution in [0.3, 0.4) is 0 Å². The minimum absolute atomic E-state index is 0.236. The lowest BCUT2D eigenvalue weighted by atomic mass is 10.1. The van der Waals surface area contributed by atoms with E-state index in [2.05, 4.69) is 0 Å². The van der Waals surface area contributed by atoms with Gasteiger partial charge in [0.05, 0.1) is 6.10 Å². The second-order valence-corrected chi connectivity index (χ2v) is 3.20. The highest BCUT2D eigenvalue weighted by molar-refractivity contribution is 5.88. The quantitative estimate of drug-likeness (QED) is 0.503. The first-order valence-corrected chi connectivity index (χ1v) is 3.42. The molecule has 0 aliphatic heterocycles. The van der Waals surface area contributed by atoms with Gasteiger partial charge < -0.3 is 5.11 Å². The zero-order chi connectivity index (χ0) is 6.59. The van der Waals surface area contributed by atoms with Crippen molar-refractivity contribution in [3.63, 3.8) is 0 Å². The van der Waals surface area contributed by atoms with Crippen molar-refractivity contribution in [3.05, 3.63) is 0 Å². The molecule has 0 aromatic carbocycles. The molecule has 0 bridgehead atoms. The van der Waals surface area contributed by atoms with Gasteiger partial charge in [-0.1, -0.05) is 6.92 Å². The summed E-state index contributed by atoms with van der Waals surface area (Å²) < 4.78 is 0. The Balaban J connectivity index is 2.19. The van der Waals surface area contributed by atoms with Crippen LogP contribution in [0.2, 0.25) is 0 Å². The summed E-state index contributed by atoms with van der Waals surface area (Å²) in [5, 5.41) is 9.16. The van der Waals surface area contributed by atoms with Gasteiger partial charge in [0.25, 0.3) is 0 Å². The summed E-state index contributed by atoms with van der Waals surface area (Å²) in [5.74, 6) is 1.32. The molecule has 1 N–H and O–H groups in total. The monoisotopic (exact) mass is 126 g/mol. The number of fused-ring (bicyclic) bond motifs is 1. The average molecular weight is 126 g/mol. The van der Waals surface area contributed by atoms with E-state index >= 15 is 0 Å². The van der Waals surface area contributed by atoms with Crippen LogP contribution in [0.5, 0.6) is 0 Å². The maximum Gasteiger partial charge on any atom is 0.139 e. The van der Waals surface area contributed by atoms with E-state index in [1.165, 1.54) is 0 Å². The number of hydrogen-bond donors (Lipinski definition) is 1. The Morgan fingerprint density at radius 3 is 2.56 bits per heavy atom. The van der Waals surface area contributed by atoms with Gasteiger partial charge in [-0.3, -0.25) is 4.79 Å². The van der Waals surface area contributed by atoms with Gasteiger partial charge in [0.2, 0.25) is 0 Å². The molecule has 2 saturated carbocycles. The minimum atomic E-state index is -0.308. The first-order chi connectivity index (χ1) is 4.22. The van der Waals surface area contributed by atoms with Gasteiger partial charge in [-0.2, -0.15) is 0 Å². The number of hydrogen-bond acceptors (Lipinski definition) is 2. The molecule has 0 radical (unpaired) electrons. The molecule has 2 heteroatoms. The molecule has 2 fully saturated rings. The number of Topliss-reactive ketones (excluding diaryl/α,β-unsaturated/α-hetero) is 1. The van der Waals surface area contributed by atoms with Crippen molar-refractivity contribution < 1.29 is 9.90 Å². The molecule has 0 spiro atoms. The van der Waals surface area contributed by atoms with E-state index in [9.17, 15) is 4.79 Å². The lowest BCUT2D eigenvalue weighted by Crippen LogP contribution is -2.09. The van der Waals surface area contributed by atoms with Crippen LogP contribution >= 0.6 is 0 Å². The Bertz CT molecular complexity index is 164. The molecule has 2 nitrogen and oxygen atoms in total. The molecule has 0 heterocycles. The van der Waals surface area contributed by atoms with Crippen molar-refractivity contribution in [2.24, 2.45) is 17.8 Å². The van der Waals surface area contributed by atoms with Gasteiger partial charge in [0.15, 0.2) is 0 Å². The predicted octanol–water partition coefficient (Wildman–Crippen LogP) is 0.202. The van der Waals surface area contributed by atoms with Crippen LogP contribution in [0.25, 0.3) is 0 Å². The van der Waals surface area contributed by atoms with E-state index in [-0.39, 0.29) is 17.8 Å². The van der Waals surface area contributed by atoms with E-state index in [1.54, 1.807) is 0 Å². The van der Waals surface area contributed by atoms with Gasteiger partial charge in [-0.05, 0) is 11.8 Å². The highest BCUT2D eigenvalue weighted by Gasteiger charge is 2.60. The maximum absolute atomic E-state index is 10.9. The molecule has 0 amide bonds. The van der Waals surface area contributed by atoms with Crippen molar-refractivity contribution in [1.82, 2.24) is 0 Å². The lowest BCUT2D eigenvalue weighted by molar-refractivity contribution is -0.120. The number of aliphatic hydroxyl groups excluding tert-OH is 1. The van der Waals surface area contributed by atoms with Crippen molar-refractivity contribution in [3.8, 4) is 0 Å². The highest BCUT2D eigenvalue weighted by Crippen LogP contribution is 2.54. The van der Waals surface area contributed by atoms with E-state index < -0.39 is 0 Å². The minimum Gasteiger partial charge on any atom is -0.392 e. The summed E-state index contributed by atoms with van der Waals surface area (Å²) in [5.41, 5.74) is 0. The first-order valence-electron chi connectivity index (χ1n) is 3.42. The lowest BCUT2D eigenvalue weighted by Gasteiger charge is -2.00. The standard InChI is InChI=1S/C7H10O2/c1-3-6-4(8)2-5(9)7(3)6/h3-4,6-8H,2H2,1H3. The third-order valence-corrected chi connectivity index (χ3v) is 2.67. The molecule has 0 aromatic rings. The van der Waals surface area contributed by atoms with E-state index in [0.29, 0.717) is 18.3 Å². The molecule has 2 aliphatic rings. The SMILES string of the molecule is CC1C2C(=O)CC(O)C12. The van der Waals surface area contributed by atoms with Crippen LogP contribution < -0.4 is 0 Å². The highest BCUT2D eigenvalue weighted by atomic mass is 16.3. The molecule has 0 aromatic heterocycles. The van der Waals surface area contributed by atoms with Gasteiger partial charge in [-0.15, -0.1) is 0 Å².